The van der Waals surface area contributed by atoms with Crippen LogP contribution in [0.5, 0.6) is 0 Å². The third-order valence-corrected chi connectivity index (χ3v) is 3.39. The third-order valence-electron chi connectivity index (χ3n) is 2.88. The SMILES string of the molecule is O=C(NCCN1CCOCC1)c1cc(Cl)ncc1Cl. The molecule has 1 aromatic heterocycles. The molecule has 2 rings (SSSR count). The zero-order valence-corrected chi connectivity index (χ0v) is 11.9. The first kappa shape index (κ1) is 14.5. The van der Waals surface area contributed by atoms with E-state index >= 15 is 0 Å². The average Bonchev–Trinajstić information content (AvgIpc) is 2.42. The number of hydrogen-bond donors (Lipinski definition) is 1. The van der Waals surface area contributed by atoms with Gasteiger partial charge >= 0.3 is 0 Å². The fourth-order valence-electron chi connectivity index (χ4n) is 1.83. The largest absolute Gasteiger partial charge is 0.379 e. The molecule has 5 nitrogen and oxygen atoms in total. The van der Waals surface area contributed by atoms with Crippen molar-refractivity contribution in [1.82, 2.24) is 15.2 Å². The van der Waals surface area contributed by atoms with Crippen LogP contribution in [0.3, 0.4) is 0 Å². The van der Waals surface area contributed by atoms with E-state index in [1.807, 2.05) is 0 Å². The third kappa shape index (κ3) is 4.31. The lowest BCUT2D eigenvalue weighted by Gasteiger charge is -2.26. The molecule has 1 amide bonds. The molecule has 1 saturated heterocycles. The normalized spacial score (nSPS) is 16.3. The summed E-state index contributed by atoms with van der Waals surface area (Å²) in [5, 5.41) is 3.37. The number of rotatable bonds is 4. The van der Waals surface area contributed by atoms with Crippen molar-refractivity contribution in [2.75, 3.05) is 39.4 Å². The molecule has 1 fully saturated rings. The van der Waals surface area contributed by atoms with Crippen LogP contribution in [0.25, 0.3) is 0 Å². The lowest BCUT2D eigenvalue weighted by Crippen LogP contribution is -2.41. The Morgan fingerprint density at radius 2 is 2.16 bits per heavy atom. The summed E-state index contributed by atoms with van der Waals surface area (Å²) in [5.74, 6) is -0.234. The van der Waals surface area contributed by atoms with Crippen molar-refractivity contribution in [2.45, 2.75) is 0 Å². The summed E-state index contributed by atoms with van der Waals surface area (Å²) >= 11 is 11.7. The second-order valence-electron chi connectivity index (χ2n) is 4.20. The van der Waals surface area contributed by atoms with Gasteiger partial charge in [-0.2, -0.15) is 0 Å². The van der Waals surface area contributed by atoms with Gasteiger partial charge in [0.05, 0.1) is 23.8 Å². The molecule has 1 N–H and O–H groups in total. The second kappa shape index (κ2) is 7.05. The van der Waals surface area contributed by atoms with Crippen molar-refractivity contribution in [1.29, 1.82) is 0 Å². The number of aromatic nitrogens is 1. The standard InChI is InChI=1S/C12H15Cl2N3O2/c13-10-8-16-11(14)7-9(10)12(18)15-1-2-17-3-5-19-6-4-17/h7-8H,1-6H2,(H,15,18). The Hall–Kier alpha value is -0.880. The van der Waals surface area contributed by atoms with E-state index in [1.54, 1.807) is 0 Å². The van der Waals surface area contributed by atoms with Crippen molar-refractivity contribution in [3.8, 4) is 0 Å². The topological polar surface area (TPSA) is 54.5 Å². The monoisotopic (exact) mass is 303 g/mol. The number of halogens is 2. The van der Waals surface area contributed by atoms with Crippen molar-refractivity contribution < 1.29 is 9.53 Å². The number of nitrogens with one attached hydrogen (secondary N) is 1. The Balaban J connectivity index is 1.82. The maximum atomic E-state index is 11.9. The van der Waals surface area contributed by atoms with Gasteiger partial charge in [0.25, 0.3) is 5.91 Å². The molecular formula is C12H15Cl2N3O2. The Kier molecular flexibility index (Phi) is 5.39. The maximum absolute atomic E-state index is 11.9. The molecule has 7 heteroatoms. The van der Waals surface area contributed by atoms with E-state index in [9.17, 15) is 4.79 Å². The van der Waals surface area contributed by atoms with Crippen LogP contribution < -0.4 is 5.32 Å². The van der Waals surface area contributed by atoms with Crippen LogP contribution in [0.4, 0.5) is 0 Å². The van der Waals surface area contributed by atoms with Gasteiger partial charge in [0.1, 0.15) is 5.15 Å². The zero-order valence-electron chi connectivity index (χ0n) is 10.4. The van der Waals surface area contributed by atoms with E-state index < -0.39 is 0 Å². The minimum absolute atomic E-state index is 0.234. The molecule has 0 saturated carbocycles. The number of hydrogen-bond acceptors (Lipinski definition) is 4. The molecule has 2 heterocycles. The number of morpholine rings is 1. The predicted octanol–water partition coefficient (Wildman–Crippen LogP) is 1.45. The van der Waals surface area contributed by atoms with Crippen LogP contribution in [-0.4, -0.2) is 55.2 Å². The lowest BCUT2D eigenvalue weighted by atomic mass is 10.2. The molecule has 104 valence electrons. The van der Waals surface area contributed by atoms with Gasteiger partial charge in [-0.3, -0.25) is 9.69 Å². The van der Waals surface area contributed by atoms with Gasteiger partial charge < -0.3 is 10.1 Å². The number of pyridine rings is 1. The number of carbonyl (C=O) groups excluding carboxylic acids is 1. The number of amides is 1. The summed E-state index contributed by atoms with van der Waals surface area (Å²) in [7, 11) is 0. The zero-order chi connectivity index (χ0) is 13.7. The summed E-state index contributed by atoms with van der Waals surface area (Å²) in [5.41, 5.74) is 0.351. The van der Waals surface area contributed by atoms with Gasteiger partial charge in [0, 0.05) is 32.4 Å². The quantitative estimate of drug-likeness (QED) is 0.856. The molecule has 1 aliphatic heterocycles. The summed E-state index contributed by atoms with van der Waals surface area (Å²) < 4.78 is 5.26. The molecule has 1 aromatic rings. The number of nitrogens with zero attached hydrogens (tertiary/aromatic N) is 2. The van der Waals surface area contributed by atoms with Gasteiger partial charge in [0.2, 0.25) is 0 Å². The van der Waals surface area contributed by atoms with Crippen LogP contribution in [0.1, 0.15) is 10.4 Å². The molecular weight excluding hydrogens is 289 g/mol. The Morgan fingerprint density at radius 3 is 2.89 bits per heavy atom. The smallest absolute Gasteiger partial charge is 0.253 e. The van der Waals surface area contributed by atoms with Crippen LogP contribution in [0, 0.1) is 0 Å². The number of carbonyl (C=O) groups is 1. The summed E-state index contributed by atoms with van der Waals surface area (Å²) in [6.45, 7) is 4.66. The molecule has 0 aliphatic carbocycles. The molecule has 0 aromatic carbocycles. The van der Waals surface area contributed by atoms with E-state index in [1.165, 1.54) is 12.3 Å². The van der Waals surface area contributed by atoms with Gasteiger partial charge in [-0.15, -0.1) is 0 Å². The fraction of sp³-hybridized carbons (Fsp3) is 0.500. The first-order valence-corrected chi connectivity index (χ1v) is 6.82. The summed E-state index contributed by atoms with van der Waals surface area (Å²) in [6.07, 6.45) is 1.38. The van der Waals surface area contributed by atoms with E-state index in [0.29, 0.717) is 17.1 Å². The van der Waals surface area contributed by atoms with E-state index in [0.717, 1.165) is 32.8 Å². The van der Waals surface area contributed by atoms with Crippen molar-refractivity contribution >= 4 is 29.1 Å². The van der Waals surface area contributed by atoms with Crippen molar-refractivity contribution in [3.63, 3.8) is 0 Å². The van der Waals surface area contributed by atoms with Crippen LogP contribution in [0.2, 0.25) is 10.2 Å². The second-order valence-corrected chi connectivity index (χ2v) is 4.99. The number of ether oxygens (including phenoxy) is 1. The van der Waals surface area contributed by atoms with Crippen LogP contribution >= 0.6 is 23.2 Å². The first-order valence-electron chi connectivity index (χ1n) is 6.06. The molecule has 0 unspecified atom stereocenters. The average molecular weight is 304 g/mol. The molecule has 19 heavy (non-hydrogen) atoms. The Morgan fingerprint density at radius 1 is 1.42 bits per heavy atom. The van der Waals surface area contributed by atoms with Gasteiger partial charge in [-0.05, 0) is 6.07 Å². The van der Waals surface area contributed by atoms with Crippen molar-refractivity contribution in [2.24, 2.45) is 0 Å². The minimum Gasteiger partial charge on any atom is -0.379 e. The molecule has 1 aliphatic rings. The fourth-order valence-corrected chi connectivity index (χ4v) is 2.18. The van der Waals surface area contributed by atoms with Crippen LogP contribution in [-0.2, 0) is 4.74 Å². The Bertz CT molecular complexity index is 451. The van der Waals surface area contributed by atoms with Gasteiger partial charge in [-0.25, -0.2) is 4.98 Å². The van der Waals surface area contributed by atoms with E-state index in [2.05, 4.69) is 15.2 Å². The minimum atomic E-state index is -0.234. The van der Waals surface area contributed by atoms with Crippen molar-refractivity contribution in [3.05, 3.63) is 28.0 Å². The molecule has 0 atom stereocenters. The van der Waals surface area contributed by atoms with Crippen LogP contribution in [0.15, 0.2) is 12.3 Å². The molecule has 0 spiro atoms. The van der Waals surface area contributed by atoms with E-state index in [4.69, 9.17) is 27.9 Å². The lowest BCUT2D eigenvalue weighted by molar-refractivity contribution is 0.0383. The van der Waals surface area contributed by atoms with Gasteiger partial charge in [0.15, 0.2) is 0 Å². The highest BCUT2D eigenvalue weighted by atomic mass is 35.5. The Labute approximate surface area is 121 Å². The molecule has 0 radical (unpaired) electrons. The van der Waals surface area contributed by atoms with Gasteiger partial charge in [-0.1, -0.05) is 23.2 Å². The summed E-state index contributed by atoms with van der Waals surface area (Å²) in [4.78, 5) is 18.0. The molecule has 0 bridgehead atoms. The predicted molar refractivity (Wildman–Crippen MR) is 73.8 cm³/mol. The van der Waals surface area contributed by atoms with E-state index in [-0.39, 0.29) is 11.1 Å². The first-order chi connectivity index (χ1) is 9.16. The maximum Gasteiger partial charge on any atom is 0.253 e. The highest BCUT2D eigenvalue weighted by Crippen LogP contribution is 2.17. The highest BCUT2D eigenvalue weighted by Gasteiger charge is 2.13. The highest BCUT2D eigenvalue weighted by molar-refractivity contribution is 6.35. The summed E-state index contributed by atoms with van der Waals surface area (Å²) in [6, 6.07) is 1.47.